The van der Waals surface area contributed by atoms with Crippen molar-refractivity contribution in [2.75, 3.05) is 13.1 Å². The second-order valence-corrected chi connectivity index (χ2v) is 5.10. The predicted molar refractivity (Wildman–Crippen MR) is 58.6 cm³/mol. The molecule has 1 aliphatic rings. The number of aromatic nitrogens is 1. The molecule has 5 nitrogen and oxygen atoms in total. The van der Waals surface area contributed by atoms with Crippen LogP contribution >= 0.6 is 11.3 Å². The van der Waals surface area contributed by atoms with E-state index in [0.717, 1.165) is 10.7 Å². The van der Waals surface area contributed by atoms with E-state index in [-0.39, 0.29) is 5.91 Å². The van der Waals surface area contributed by atoms with Crippen molar-refractivity contribution in [3.05, 3.63) is 15.6 Å². The third kappa shape index (κ3) is 1.80. The summed E-state index contributed by atoms with van der Waals surface area (Å²) < 4.78 is 0. The molecule has 0 aromatic carbocycles. The average molecular weight is 240 g/mol. The van der Waals surface area contributed by atoms with Crippen molar-refractivity contribution >= 4 is 23.2 Å². The van der Waals surface area contributed by atoms with Gasteiger partial charge in [-0.15, -0.1) is 11.3 Å². The number of hydrogen-bond acceptors (Lipinski definition) is 4. The van der Waals surface area contributed by atoms with Gasteiger partial charge in [-0.1, -0.05) is 0 Å². The monoisotopic (exact) mass is 240 g/mol. The first-order chi connectivity index (χ1) is 7.49. The molecule has 0 aliphatic carbocycles. The summed E-state index contributed by atoms with van der Waals surface area (Å²) in [7, 11) is 0. The summed E-state index contributed by atoms with van der Waals surface area (Å²) >= 11 is 1.36. The number of hydrogen-bond donors (Lipinski definition) is 1. The predicted octanol–water partition coefficient (Wildman–Crippen LogP) is 0.917. The van der Waals surface area contributed by atoms with Crippen LogP contribution in [-0.2, 0) is 4.79 Å². The number of amides is 1. The standard InChI is InChI=1S/C10H12N2O3S/c1-5-8(16-6(2)11-5)9(13)12-3-7(4-12)10(14)15/h7H,3-4H2,1-2H3,(H,14,15). The Morgan fingerprint density at radius 3 is 2.50 bits per heavy atom. The van der Waals surface area contributed by atoms with Crippen molar-refractivity contribution in [3.63, 3.8) is 0 Å². The molecule has 1 fully saturated rings. The number of aryl methyl sites for hydroxylation is 2. The number of carboxylic acid groups (broad SMARTS) is 1. The van der Waals surface area contributed by atoms with E-state index in [1.165, 1.54) is 11.3 Å². The van der Waals surface area contributed by atoms with Gasteiger partial charge in [0.1, 0.15) is 4.88 Å². The molecule has 86 valence electrons. The summed E-state index contributed by atoms with van der Waals surface area (Å²) in [6.45, 7) is 4.27. The highest BCUT2D eigenvalue weighted by atomic mass is 32.1. The average Bonchev–Trinajstić information content (AvgIpc) is 2.41. The van der Waals surface area contributed by atoms with E-state index in [0.29, 0.717) is 18.0 Å². The lowest BCUT2D eigenvalue weighted by Crippen LogP contribution is -2.52. The molecule has 1 N–H and O–H groups in total. The van der Waals surface area contributed by atoms with E-state index < -0.39 is 11.9 Å². The van der Waals surface area contributed by atoms with Crippen LogP contribution in [0.5, 0.6) is 0 Å². The van der Waals surface area contributed by atoms with Crippen LogP contribution in [0.25, 0.3) is 0 Å². The number of likely N-dealkylation sites (tertiary alicyclic amines) is 1. The van der Waals surface area contributed by atoms with Crippen LogP contribution < -0.4 is 0 Å². The van der Waals surface area contributed by atoms with Gasteiger partial charge in [0.2, 0.25) is 0 Å². The maximum atomic E-state index is 11.9. The summed E-state index contributed by atoms with van der Waals surface area (Å²) in [4.78, 5) is 28.9. The summed E-state index contributed by atoms with van der Waals surface area (Å²) in [5.74, 6) is -1.33. The van der Waals surface area contributed by atoms with E-state index in [2.05, 4.69) is 4.98 Å². The molecule has 0 saturated carbocycles. The van der Waals surface area contributed by atoms with E-state index in [1.54, 1.807) is 11.8 Å². The molecule has 1 amide bonds. The van der Waals surface area contributed by atoms with Crippen LogP contribution in [-0.4, -0.2) is 40.0 Å². The Bertz CT molecular complexity index is 449. The summed E-state index contributed by atoms with van der Waals surface area (Å²) in [6, 6.07) is 0. The molecule has 0 unspecified atom stereocenters. The minimum atomic E-state index is -0.832. The maximum Gasteiger partial charge on any atom is 0.310 e. The fraction of sp³-hybridized carbons (Fsp3) is 0.500. The van der Waals surface area contributed by atoms with Crippen LogP contribution in [0.2, 0.25) is 0 Å². The molecule has 16 heavy (non-hydrogen) atoms. The highest BCUT2D eigenvalue weighted by molar-refractivity contribution is 7.13. The first-order valence-electron chi connectivity index (χ1n) is 4.95. The van der Waals surface area contributed by atoms with Crippen LogP contribution in [0, 0.1) is 19.8 Å². The van der Waals surface area contributed by atoms with Crippen molar-refractivity contribution in [2.24, 2.45) is 5.92 Å². The molecule has 1 aromatic rings. The molecule has 1 aromatic heterocycles. The second kappa shape index (κ2) is 3.86. The number of aliphatic carboxylic acids is 1. The largest absolute Gasteiger partial charge is 0.481 e. The van der Waals surface area contributed by atoms with Crippen LogP contribution in [0.3, 0.4) is 0 Å². The molecule has 6 heteroatoms. The zero-order valence-corrected chi connectivity index (χ0v) is 9.87. The normalized spacial score (nSPS) is 16.0. The zero-order chi connectivity index (χ0) is 11.9. The topological polar surface area (TPSA) is 70.5 Å². The smallest absolute Gasteiger partial charge is 0.310 e. The minimum absolute atomic E-state index is 0.0967. The van der Waals surface area contributed by atoms with Gasteiger partial charge in [0.25, 0.3) is 5.91 Å². The molecule has 0 spiro atoms. The summed E-state index contributed by atoms with van der Waals surface area (Å²) in [5, 5.41) is 9.57. The first kappa shape index (κ1) is 11.1. The highest BCUT2D eigenvalue weighted by Gasteiger charge is 2.36. The van der Waals surface area contributed by atoms with Gasteiger partial charge in [0.05, 0.1) is 16.6 Å². The third-order valence-corrected chi connectivity index (χ3v) is 3.68. The fourth-order valence-electron chi connectivity index (χ4n) is 1.67. The lowest BCUT2D eigenvalue weighted by Gasteiger charge is -2.36. The van der Waals surface area contributed by atoms with Gasteiger partial charge in [-0.25, -0.2) is 4.98 Å². The summed E-state index contributed by atoms with van der Waals surface area (Å²) in [5.41, 5.74) is 0.728. The number of nitrogens with zero attached hydrogens (tertiary/aromatic N) is 2. The molecular weight excluding hydrogens is 228 g/mol. The Kier molecular flexibility index (Phi) is 2.67. The number of carbonyl (C=O) groups is 2. The molecular formula is C10H12N2O3S. The highest BCUT2D eigenvalue weighted by Crippen LogP contribution is 2.24. The third-order valence-electron chi connectivity index (χ3n) is 2.62. The van der Waals surface area contributed by atoms with Crippen molar-refractivity contribution < 1.29 is 14.7 Å². The van der Waals surface area contributed by atoms with Crippen molar-refractivity contribution in [3.8, 4) is 0 Å². The lowest BCUT2D eigenvalue weighted by atomic mass is 10.0. The maximum absolute atomic E-state index is 11.9. The van der Waals surface area contributed by atoms with Gasteiger partial charge in [0, 0.05) is 13.1 Å². The van der Waals surface area contributed by atoms with Crippen LogP contribution in [0.15, 0.2) is 0 Å². The molecule has 2 heterocycles. The Morgan fingerprint density at radius 2 is 2.06 bits per heavy atom. The quantitative estimate of drug-likeness (QED) is 0.834. The van der Waals surface area contributed by atoms with Gasteiger partial charge in [-0.2, -0.15) is 0 Å². The van der Waals surface area contributed by atoms with Crippen molar-refractivity contribution in [1.82, 2.24) is 9.88 Å². The number of thiazole rings is 1. The number of carbonyl (C=O) groups excluding carboxylic acids is 1. The second-order valence-electron chi connectivity index (χ2n) is 3.89. The van der Waals surface area contributed by atoms with Gasteiger partial charge >= 0.3 is 5.97 Å². The van der Waals surface area contributed by atoms with E-state index in [4.69, 9.17) is 5.11 Å². The van der Waals surface area contributed by atoms with E-state index in [1.807, 2.05) is 6.92 Å². The Hall–Kier alpha value is -1.43. The Labute approximate surface area is 96.7 Å². The fourth-order valence-corrected chi connectivity index (χ4v) is 2.56. The molecule has 1 saturated heterocycles. The SMILES string of the molecule is Cc1nc(C)c(C(=O)N2CC(C(=O)O)C2)s1. The molecule has 0 atom stereocenters. The molecule has 0 radical (unpaired) electrons. The number of rotatable bonds is 2. The lowest BCUT2D eigenvalue weighted by molar-refractivity contribution is -0.146. The van der Waals surface area contributed by atoms with Crippen molar-refractivity contribution in [1.29, 1.82) is 0 Å². The minimum Gasteiger partial charge on any atom is -0.481 e. The zero-order valence-electron chi connectivity index (χ0n) is 9.06. The Balaban J connectivity index is 2.05. The molecule has 1 aliphatic heterocycles. The van der Waals surface area contributed by atoms with Crippen LogP contribution in [0.1, 0.15) is 20.4 Å². The van der Waals surface area contributed by atoms with Gasteiger partial charge < -0.3 is 10.0 Å². The van der Waals surface area contributed by atoms with E-state index in [9.17, 15) is 9.59 Å². The van der Waals surface area contributed by atoms with Gasteiger partial charge in [0.15, 0.2) is 0 Å². The molecule has 2 rings (SSSR count). The van der Waals surface area contributed by atoms with Gasteiger partial charge in [-0.05, 0) is 13.8 Å². The van der Waals surface area contributed by atoms with Crippen LogP contribution in [0.4, 0.5) is 0 Å². The summed E-state index contributed by atoms with van der Waals surface area (Å²) in [6.07, 6.45) is 0. The Morgan fingerprint density at radius 1 is 1.44 bits per heavy atom. The molecule has 0 bridgehead atoms. The van der Waals surface area contributed by atoms with Gasteiger partial charge in [-0.3, -0.25) is 9.59 Å². The van der Waals surface area contributed by atoms with Crippen molar-refractivity contribution in [2.45, 2.75) is 13.8 Å². The number of carboxylic acids is 1. The van der Waals surface area contributed by atoms with E-state index >= 15 is 0 Å². The first-order valence-corrected chi connectivity index (χ1v) is 5.77.